The van der Waals surface area contributed by atoms with Crippen molar-refractivity contribution in [2.75, 3.05) is 5.32 Å². The smallest absolute Gasteiger partial charge is 0.265 e. The number of anilines is 1. The first-order valence-electron chi connectivity index (χ1n) is 10.3. The highest BCUT2D eigenvalue weighted by Crippen LogP contribution is 2.22. The van der Waals surface area contributed by atoms with Crippen LogP contribution in [0.4, 0.5) is 5.69 Å². The van der Waals surface area contributed by atoms with Crippen molar-refractivity contribution < 1.29 is 14.3 Å². The van der Waals surface area contributed by atoms with E-state index < -0.39 is 6.10 Å². The first kappa shape index (κ1) is 22.0. The number of hydrogen-bond acceptors (Lipinski definition) is 4. The Labute approximate surface area is 182 Å². The molecule has 3 rings (SSSR count). The SMILES string of the molecule is CC[C@H](Oc1ccc(C)cc1C)C(=O)Nc1ccccc1C(=O)NCc1cccnc1. The standard InChI is InChI=1S/C25H27N3O3/c1-4-22(31-23-12-11-17(2)14-18(23)3)25(30)28-21-10-6-5-9-20(21)24(29)27-16-19-8-7-13-26-15-19/h5-15,22H,4,16H2,1-3H3,(H,27,29)(H,28,30)/t22-/m0/s1. The fourth-order valence-electron chi connectivity index (χ4n) is 3.19. The van der Waals surface area contributed by atoms with Crippen LogP contribution < -0.4 is 15.4 Å². The van der Waals surface area contributed by atoms with Gasteiger partial charge in [0.25, 0.3) is 11.8 Å². The Morgan fingerprint density at radius 3 is 2.58 bits per heavy atom. The summed E-state index contributed by atoms with van der Waals surface area (Å²) in [5.41, 5.74) is 3.83. The number of aryl methyl sites for hydroxylation is 2. The first-order chi connectivity index (χ1) is 15.0. The van der Waals surface area contributed by atoms with E-state index >= 15 is 0 Å². The number of rotatable bonds is 8. The maximum Gasteiger partial charge on any atom is 0.265 e. The molecule has 0 aliphatic rings. The number of pyridine rings is 1. The number of nitrogens with zero attached hydrogens (tertiary/aromatic N) is 1. The van der Waals surface area contributed by atoms with Gasteiger partial charge in [-0.25, -0.2) is 0 Å². The Hall–Kier alpha value is -3.67. The van der Waals surface area contributed by atoms with E-state index in [4.69, 9.17) is 4.74 Å². The van der Waals surface area contributed by atoms with Crippen LogP contribution >= 0.6 is 0 Å². The Bertz CT molecular complexity index is 1050. The third kappa shape index (κ3) is 5.92. The van der Waals surface area contributed by atoms with E-state index in [0.29, 0.717) is 30.0 Å². The fourth-order valence-corrected chi connectivity index (χ4v) is 3.19. The zero-order valence-corrected chi connectivity index (χ0v) is 18.0. The van der Waals surface area contributed by atoms with E-state index in [1.54, 1.807) is 36.7 Å². The highest BCUT2D eigenvalue weighted by atomic mass is 16.5. The third-order valence-corrected chi connectivity index (χ3v) is 4.87. The van der Waals surface area contributed by atoms with Crippen LogP contribution in [0.5, 0.6) is 5.75 Å². The van der Waals surface area contributed by atoms with Crippen LogP contribution in [0.15, 0.2) is 67.0 Å². The number of aromatic nitrogens is 1. The van der Waals surface area contributed by atoms with Crippen LogP contribution in [-0.2, 0) is 11.3 Å². The van der Waals surface area contributed by atoms with Crippen LogP contribution in [0, 0.1) is 13.8 Å². The van der Waals surface area contributed by atoms with E-state index in [1.165, 1.54) is 0 Å². The number of benzene rings is 2. The summed E-state index contributed by atoms with van der Waals surface area (Å²) >= 11 is 0. The molecular weight excluding hydrogens is 390 g/mol. The molecule has 1 heterocycles. The molecular formula is C25H27N3O3. The molecule has 3 aromatic rings. The van der Waals surface area contributed by atoms with E-state index in [9.17, 15) is 9.59 Å². The number of nitrogens with one attached hydrogen (secondary N) is 2. The van der Waals surface area contributed by atoms with Gasteiger partial charge in [0.2, 0.25) is 0 Å². The predicted molar refractivity (Wildman–Crippen MR) is 121 cm³/mol. The molecule has 160 valence electrons. The van der Waals surface area contributed by atoms with Crippen molar-refractivity contribution in [3.8, 4) is 5.75 Å². The van der Waals surface area contributed by atoms with E-state index in [1.807, 2.05) is 51.1 Å². The average molecular weight is 418 g/mol. The van der Waals surface area contributed by atoms with Gasteiger partial charge >= 0.3 is 0 Å². The van der Waals surface area contributed by atoms with E-state index in [0.717, 1.165) is 16.7 Å². The van der Waals surface area contributed by atoms with Crippen molar-refractivity contribution in [2.24, 2.45) is 0 Å². The van der Waals surface area contributed by atoms with Crippen molar-refractivity contribution in [1.29, 1.82) is 0 Å². The van der Waals surface area contributed by atoms with Crippen LogP contribution in [-0.4, -0.2) is 22.9 Å². The quantitative estimate of drug-likeness (QED) is 0.568. The lowest BCUT2D eigenvalue weighted by molar-refractivity contribution is -0.122. The predicted octanol–water partition coefficient (Wildman–Crippen LogP) is 4.42. The summed E-state index contributed by atoms with van der Waals surface area (Å²) in [6.45, 7) is 6.20. The van der Waals surface area contributed by atoms with Gasteiger partial charge < -0.3 is 15.4 Å². The minimum Gasteiger partial charge on any atom is -0.480 e. The number of hydrogen-bond donors (Lipinski definition) is 2. The monoisotopic (exact) mass is 417 g/mol. The lowest BCUT2D eigenvalue weighted by Gasteiger charge is -2.20. The third-order valence-electron chi connectivity index (χ3n) is 4.87. The molecule has 0 aliphatic heterocycles. The van der Waals surface area contributed by atoms with Crippen molar-refractivity contribution in [1.82, 2.24) is 10.3 Å². The normalized spacial score (nSPS) is 11.5. The molecule has 0 radical (unpaired) electrons. The summed E-state index contributed by atoms with van der Waals surface area (Å²) in [4.78, 5) is 29.7. The van der Waals surface area contributed by atoms with Crippen LogP contribution in [0.1, 0.15) is 40.4 Å². The molecule has 1 aromatic heterocycles. The second kappa shape index (κ2) is 10.4. The van der Waals surface area contributed by atoms with Gasteiger partial charge in [-0.3, -0.25) is 14.6 Å². The van der Waals surface area contributed by atoms with Gasteiger partial charge in [0.05, 0.1) is 11.3 Å². The van der Waals surface area contributed by atoms with Crippen LogP contribution in [0.25, 0.3) is 0 Å². The lowest BCUT2D eigenvalue weighted by atomic mass is 10.1. The summed E-state index contributed by atoms with van der Waals surface area (Å²) in [5, 5.41) is 5.72. The minimum atomic E-state index is -0.673. The molecule has 6 nitrogen and oxygen atoms in total. The summed E-state index contributed by atoms with van der Waals surface area (Å²) in [6.07, 6.45) is 3.20. The minimum absolute atomic E-state index is 0.275. The molecule has 0 bridgehead atoms. The van der Waals surface area contributed by atoms with Crippen molar-refractivity contribution >= 4 is 17.5 Å². The highest BCUT2D eigenvalue weighted by Gasteiger charge is 2.21. The molecule has 0 unspecified atom stereocenters. The highest BCUT2D eigenvalue weighted by molar-refractivity contribution is 6.04. The lowest BCUT2D eigenvalue weighted by Crippen LogP contribution is -2.33. The molecule has 2 N–H and O–H groups in total. The van der Waals surface area contributed by atoms with Gasteiger partial charge in [0.15, 0.2) is 6.10 Å². The number of carbonyl (C=O) groups excluding carboxylic acids is 2. The fraction of sp³-hybridized carbons (Fsp3) is 0.240. The largest absolute Gasteiger partial charge is 0.480 e. The van der Waals surface area contributed by atoms with Gasteiger partial charge in [-0.1, -0.05) is 42.8 Å². The van der Waals surface area contributed by atoms with Gasteiger partial charge in [-0.15, -0.1) is 0 Å². The molecule has 0 fully saturated rings. The summed E-state index contributed by atoms with van der Waals surface area (Å²) < 4.78 is 5.97. The zero-order chi connectivity index (χ0) is 22.2. The molecule has 0 saturated carbocycles. The van der Waals surface area contributed by atoms with Crippen LogP contribution in [0.2, 0.25) is 0 Å². The molecule has 6 heteroatoms. The number of para-hydroxylation sites is 1. The summed E-state index contributed by atoms with van der Waals surface area (Å²) in [5.74, 6) is 0.105. The van der Waals surface area contributed by atoms with Gasteiger partial charge in [-0.2, -0.15) is 0 Å². The first-order valence-corrected chi connectivity index (χ1v) is 10.3. The molecule has 0 aliphatic carbocycles. The second-order valence-electron chi connectivity index (χ2n) is 7.36. The maximum atomic E-state index is 12.9. The number of carbonyl (C=O) groups is 2. The van der Waals surface area contributed by atoms with Crippen molar-refractivity contribution in [2.45, 2.75) is 39.8 Å². The van der Waals surface area contributed by atoms with Gasteiger partial charge in [0, 0.05) is 18.9 Å². The Balaban J connectivity index is 1.69. The second-order valence-corrected chi connectivity index (χ2v) is 7.36. The zero-order valence-electron chi connectivity index (χ0n) is 18.0. The molecule has 1 atom stereocenters. The molecule has 31 heavy (non-hydrogen) atoms. The summed E-state index contributed by atoms with van der Waals surface area (Å²) in [7, 11) is 0. The number of ether oxygens (including phenoxy) is 1. The molecule has 2 aromatic carbocycles. The van der Waals surface area contributed by atoms with Gasteiger partial charge in [0.1, 0.15) is 5.75 Å². The maximum absolute atomic E-state index is 12.9. The number of amides is 2. The van der Waals surface area contributed by atoms with E-state index in [-0.39, 0.29) is 11.8 Å². The van der Waals surface area contributed by atoms with Crippen molar-refractivity contribution in [3.05, 3.63) is 89.2 Å². The molecule has 0 saturated heterocycles. The Morgan fingerprint density at radius 2 is 1.87 bits per heavy atom. The van der Waals surface area contributed by atoms with Crippen molar-refractivity contribution in [3.63, 3.8) is 0 Å². The van der Waals surface area contributed by atoms with Crippen LogP contribution in [0.3, 0.4) is 0 Å². The van der Waals surface area contributed by atoms with E-state index in [2.05, 4.69) is 15.6 Å². The van der Waals surface area contributed by atoms with Gasteiger partial charge in [-0.05, 0) is 55.7 Å². The average Bonchev–Trinajstić information content (AvgIpc) is 2.78. The Kier molecular flexibility index (Phi) is 7.38. The molecule has 2 amide bonds. The summed E-state index contributed by atoms with van der Waals surface area (Å²) in [6, 6.07) is 16.5. The topological polar surface area (TPSA) is 80.3 Å². The molecule has 0 spiro atoms. The Morgan fingerprint density at radius 1 is 1.06 bits per heavy atom.